The topological polar surface area (TPSA) is 41.5 Å². The van der Waals surface area contributed by atoms with E-state index in [9.17, 15) is 9.50 Å². The molecule has 90 valence electrons. The molecule has 0 bridgehead atoms. The van der Waals surface area contributed by atoms with Crippen molar-refractivity contribution >= 4 is 17.3 Å². The quantitative estimate of drug-likeness (QED) is 0.784. The number of aliphatic hydroxyl groups excluding tert-OH is 1. The molecule has 1 unspecified atom stereocenters. The molecule has 0 amide bonds. The van der Waals surface area contributed by atoms with Gasteiger partial charge in [0.05, 0.1) is 24.8 Å². The minimum Gasteiger partial charge on any atom is -0.495 e. The third-order valence-corrected chi connectivity index (χ3v) is 2.54. The van der Waals surface area contributed by atoms with Crippen molar-refractivity contribution in [3.63, 3.8) is 0 Å². The number of hydrogen-bond donors (Lipinski definition) is 2. The van der Waals surface area contributed by atoms with Gasteiger partial charge in [0.2, 0.25) is 0 Å². The zero-order valence-corrected chi connectivity index (χ0v) is 10.0. The number of halogens is 2. The highest BCUT2D eigenvalue weighted by Gasteiger charge is 2.09. The Balaban J connectivity index is 2.81. The van der Waals surface area contributed by atoms with Crippen LogP contribution in [0.4, 0.5) is 10.1 Å². The summed E-state index contributed by atoms with van der Waals surface area (Å²) < 4.78 is 18.4. The lowest BCUT2D eigenvalue weighted by Gasteiger charge is -2.14. The molecule has 2 N–H and O–H groups in total. The number of rotatable bonds is 5. The summed E-state index contributed by atoms with van der Waals surface area (Å²) in [5, 5.41) is 12.2. The number of benzene rings is 1. The van der Waals surface area contributed by atoms with Gasteiger partial charge in [0.25, 0.3) is 0 Å². The Morgan fingerprint density at radius 1 is 1.56 bits per heavy atom. The van der Waals surface area contributed by atoms with E-state index < -0.39 is 6.10 Å². The maximum atomic E-state index is 13.3. The Morgan fingerprint density at radius 3 is 2.81 bits per heavy atom. The van der Waals surface area contributed by atoms with Crippen LogP contribution in [0.15, 0.2) is 12.1 Å². The highest BCUT2D eigenvalue weighted by molar-refractivity contribution is 6.18. The molecule has 1 aromatic rings. The van der Waals surface area contributed by atoms with Crippen LogP contribution in [-0.4, -0.2) is 30.7 Å². The predicted octanol–water partition coefficient (Wildman–Crippen LogP) is 2.15. The van der Waals surface area contributed by atoms with E-state index >= 15 is 0 Å². The summed E-state index contributed by atoms with van der Waals surface area (Å²) in [4.78, 5) is 0. The van der Waals surface area contributed by atoms with E-state index in [1.54, 1.807) is 13.0 Å². The molecule has 0 aliphatic heterocycles. The lowest BCUT2D eigenvalue weighted by Crippen LogP contribution is -2.21. The highest BCUT2D eigenvalue weighted by Crippen LogP contribution is 2.27. The lowest BCUT2D eigenvalue weighted by molar-refractivity contribution is 0.211. The third kappa shape index (κ3) is 3.25. The summed E-state index contributed by atoms with van der Waals surface area (Å²) in [6, 6.07) is 2.94. The Labute approximate surface area is 99.2 Å². The van der Waals surface area contributed by atoms with Crippen LogP contribution in [0.3, 0.4) is 0 Å². The summed E-state index contributed by atoms with van der Waals surface area (Å²) in [7, 11) is 1.51. The molecule has 0 spiro atoms. The number of anilines is 1. The van der Waals surface area contributed by atoms with Gasteiger partial charge in [-0.2, -0.15) is 0 Å². The van der Waals surface area contributed by atoms with Crippen LogP contribution in [0.5, 0.6) is 5.75 Å². The van der Waals surface area contributed by atoms with E-state index in [2.05, 4.69) is 5.32 Å². The zero-order chi connectivity index (χ0) is 12.1. The van der Waals surface area contributed by atoms with Crippen LogP contribution in [0, 0.1) is 12.7 Å². The maximum Gasteiger partial charge on any atom is 0.142 e. The standard InChI is InChI=1S/C11H15ClFNO2/c1-7-3-11(16-2)10(4-9(7)13)14-6-8(15)5-12/h3-4,8,14-15H,5-6H2,1-2H3. The fourth-order valence-electron chi connectivity index (χ4n) is 1.24. The first kappa shape index (κ1) is 13.1. The molecule has 0 fully saturated rings. The fourth-order valence-corrected chi connectivity index (χ4v) is 1.35. The summed E-state index contributed by atoms with van der Waals surface area (Å²) in [5.74, 6) is 0.355. The van der Waals surface area contributed by atoms with E-state index in [1.807, 2.05) is 0 Å². The highest BCUT2D eigenvalue weighted by atomic mass is 35.5. The van der Waals surface area contributed by atoms with Crippen molar-refractivity contribution in [1.82, 2.24) is 0 Å². The Kier molecular flexibility index (Phi) is 4.83. The smallest absolute Gasteiger partial charge is 0.142 e. The molecule has 3 nitrogen and oxygen atoms in total. The van der Waals surface area contributed by atoms with E-state index in [-0.39, 0.29) is 18.2 Å². The largest absolute Gasteiger partial charge is 0.495 e. The minimum absolute atomic E-state index is 0.129. The van der Waals surface area contributed by atoms with Gasteiger partial charge in [0, 0.05) is 12.6 Å². The predicted molar refractivity (Wildman–Crippen MR) is 62.9 cm³/mol. The van der Waals surface area contributed by atoms with Crippen molar-refractivity contribution < 1.29 is 14.2 Å². The number of hydrogen-bond acceptors (Lipinski definition) is 3. The molecule has 1 atom stereocenters. The summed E-state index contributed by atoms with van der Waals surface area (Å²) in [5.41, 5.74) is 1.02. The molecule has 1 aromatic carbocycles. The number of ether oxygens (including phenoxy) is 1. The average molecular weight is 248 g/mol. The molecule has 0 radical (unpaired) electrons. The van der Waals surface area contributed by atoms with Crippen molar-refractivity contribution in [1.29, 1.82) is 0 Å². The SMILES string of the molecule is COc1cc(C)c(F)cc1NCC(O)CCl. The molecular formula is C11H15ClFNO2. The van der Waals surface area contributed by atoms with Crippen LogP contribution >= 0.6 is 11.6 Å². The van der Waals surface area contributed by atoms with Crippen molar-refractivity contribution in [3.8, 4) is 5.75 Å². The fraction of sp³-hybridized carbons (Fsp3) is 0.455. The van der Waals surface area contributed by atoms with Crippen molar-refractivity contribution in [2.45, 2.75) is 13.0 Å². The van der Waals surface area contributed by atoms with Crippen molar-refractivity contribution in [3.05, 3.63) is 23.5 Å². The van der Waals surface area contributed by atoms with Crippen LogP contribution < -0.4 is 10.1 Å². The van der Waals surface area contributed by atoms with Gasteiger partial charge in [0.15, 0.2) is 0 Å². The van der Waals surface area contributed by atoms with Crippen LogP contribution in [0.25, 0.3) is 0 Å². The molecule has 0 heterocycles. The van der Waals surface area contributed by atoms with Crippen molar-refractivity contribution in [2.24, 2.45) is 0 Å². The van der Waals surface area contributed by atoms with Gasteiger partial charge in [0.1, 0.15) is 11.6 Å². The van der Waals surface area contributed by atoms with E-state index in [1.165, 1.54) is 13.2 Å². The normalized spacial score (nSPS) is 12.3. The van der Waals surface area contributed by atoms with Crippen molar-refractivity contribution in [2.75, 3.05) is 24.9 Å². The molecule has 1 rings (SSSR count). The number of aryl methyl sites for hydroxylation is 1. The van der Waals surface area contributed by atoms with Gasteiger partial charge in [-0.1, -0.05) is 0 Å². The number of alkyl halides is 1. The molecule has 0 aromatic heterocycles. The first-order valence-electron chi connectivity index (χ1n) is 4.90. The number of aliphatic hydroxyl groups is 1. The molecule has 0 aliphatic rings. The molecule has 0 saturated carbocycles. The molecular weight excluding hydrogens is 233 g/mol. The third-order valence-electron chi connectivity index (χ3n) is 2.19. The number of nitrogens with one attached hydrogen (secondary N) is 1. The molecule has 0 saturated heterocycles. The summed E-state index contributed by atoms with van der Waals surface area (Å²) in [6.07, 6.45) is -0.671. The van der Waals surface area contributed by atoms with Crippen LogP contribution in [-0.2, 0) is 0 Å². The van der Waals surface area contributed by atoms with Crippen LogP contribution in [0.2, 0.25) is 0 Å². The molecule has 16 heavy (non-hydrogen) atoms. The average Bonchev–Trinajstić information content (AvgIpc) is 2.29. The van der Waals surface area contributed by atoms with Crippen LogP contribution in [0.1, 0.15) is 5.56 Å². The second-order valence-electron chi connectivity index (χ2n) is 3.49. The van der Waals surface area contributed by atoms with Gasteiger partial charge in [-0.25, -0.2) is 4.39 Å². The van der Waals surface area contributed by atoms with Gasteiger partial charge < -0.3 is 15.2 Å². The second kappa shape index (κ2) is 5.92. The zero-order valence-electron chi connectivity index (χ0n) is 9.26. The molecule has 0 aliphatic carbocycles. The van der Waals surface area contributed by atoms with Gasteiger partial charge in [-0.15, -0.1) is 11.6 Å². The monoisotopic (exact) mass is 247 g/mol. The van der Waals surface area contributed by atoms with E-state index in [0.717, 1.165) is 0 Å². The second-order valence-corrected chi connectivity index (χ2v) is 3.80. The first-order chi connectivity index (χ1) is 7.58. The van der Waals surface area contributed by atoms with Gasteiger partial charge in [-0.05, 0) is 18.6 Å². The molecule has 5 heteroatoms. The van der Waals surface area contributed by atoms with Gasteiger partial charge in [-0.3, -0.25) is 0 Å². The number of methoxy groups -OCH3 is 1. The summed E-state index contributed by atoms with van der Waals surface area (Å²) >= 11 is 5.45. The first-order valence-corrected chi connectivity index (χ1v) is 5.44. The Morgan fingerprint density at radius 2 is 2.25 bits per heavy atom. The van der Waals surface area contributed by atoms with E-state index in [0.29, 0.717) is 17.0 Å². The maximum absolute atomic E-state index is 13.3. The Hall–Kier alpha value is -1.00. The van der Waals surface area contributed by atoms with E-state index in [4.69, 9.17) is 16.3 Å². The van der Waals surface area contributed by atoms with Gasteiger partial charge >= 0.3 is 0 Å². The summed E-state index contributed by atoms with van der Waals surface area (Å²) in [6.45, 7) is 1.91. The minimum atomic E-state index is -0.671. The lowest BCUT2D eigenvalue weighted by atomic mass is 10.2. The Bertz CT molecular complexity index is 360.